The molecule has 1 unspecified atom stereocenters. The van der Waals surface area contributed by atoms with Gasteiger partial charge in [-0.3, -0.25) is 9.69 Å². The number of amides is 1. The number of halogens is 3. The van der Waals surface area contributed by atoms with Gasteiger partial charge in [0.1, 0.15) is 6.04 Å². The van der Waals surface area contributed by atoms with E-state index in [2.05, 4.69) is 9.97 Å². The van der Waals surface area contributed by atoms with Crippen LogP contribution in [0.2, 0.25) is 0 Å². The van der Waals surface area contributed by atoms with Gasteiger partial charge in [0.05, 0.1) is 17.4 Å². The van der Waals surface area contributed by atoms with Gasteiger partial charge in [-0.25, -0.2) is 4.98 Å². The molecule has 0 spiro atoms. The minimum Gasteiger partial charge on any atom is -0.345 e. The van der Waals surface area contributed by atoms with Gasteiger partial charge in [0, 0.05) is 31.7 Å². The molecular weight excluding hydrogens is 309 g/mol. The van der Waals surface area contributed by atoms with Crippen LogP contribution in [-0.4, -0.2) is 64.1 Å². The summed E-state index contributed by atoms with van der Waals surface area (Å²) < 4.78 is 38.2. The van der Waals surface area contributed by atoms with Crippen molar-refractivity contribution in [1.82, 2.24) is 19.8 Å². The summed E-state index contributed by atoms with van der Waals surface area (Å²) in [7, 11) is 0. The third-order valence-electron chi connectivity index (χ3n) is 4.29. The van der Waals surface area contributed by atoms with Crippen LogP contribution in [0.15, 0.2) is 24.5 Å². The molecule has 0 bridgehead atoms. The zero-order valence-corrected chi connectivity index (χ0v) is 12.6. The lowest BCUT2D eigenvalue weighted by molar-refractivity contribution is -0.181. The molecule has 3 rings (SSSR count). The number of carbonyl (C=O) groups excluding carboxylic acids is 1. The first-order chi connectivity index (χ1) is 10.9. The molecule has 2 heterocycles. The SMILES string of the molecule is CC(N1CCN(C(=O)c2ccc3nc[nH]c3c2)CC1)C(F)(F)F. The third kappa shape index (κ3) is 3.17. The van der Waals surface area contributed by atoms with Crippen LogP contribution in [0.25, 0.3) is 11.0 Å². The van der Waals surface area contributed by atoms with Crippen LogP contribution in [-0.2, 0) is 0 Å². The minimum absolute atomic E-state index is 0.166. The van der Waals surface area contributed by atoms with Crippen molar-refractivity contribution >= 4 is 16.9 Å². The molecular formula is C15H17F3N4O. The molecule has 1 aliphatic rings. The zero-order chi connectivity index (χ0) is 16.6. The number of fused-ring (bicyclic) bond motifs is 1. The number of nitrogens with zero attached hydrogens (tertiary/aromatic N) is 3. The van der Waals surface area contributed by atoms with Gasteiger partial charge in [0.25, 0.3) is 5.91 Å². The number of hydrogen-bond donors (Lipinski definition) is 1. The van der Waals surface area contributed by atoms with Gasteiger partial charge in [-0.1, -0.05) is 0 Å². The molecule has 124 valence electrons. The average molecular weight is 326 g/mol. The number of imidazole rings is 1. The van der Waals surface area contributed by atoms with Crippen LogP contribution in [0.1, 0.15) is 17.3 Å². The Morgan fingerprint density at radius 2 is 1.96 bits per heavy atom. The largest absolute Gasteiger partial charge is 0.403 e. The van der Waals surface area contributed by atoms with Gasteiger partial charge in [-0.15, -0.1) is 0 Å². The first-order valence-corrected chi connectivity index (χ1v) is 7.39. The van der Waals surface area contributed by atoms with Crippen molar-refractivity contribution < 1.29 is 18.0 Å². The number of aromatic amines is 1. The molecule has 23 heavy (non-hydrogen) atoms. The Balaban J connectivity index is 1.66. The fourth-order valence-corrected chi connectivity index (χ4v) is 2.77. The Kier molecular flexibility index (Phi) is 4.01. The van der Waals surface area contributed by atoms with Gasteiger partial charge >= 0.3 is 6.18 Å². The maximum absolute atomic E-state index is 12.7. The van der Waals surface area contributed by atoms with Crippen molar-refractivity contribution in [3.8, 4) is 0 Å². The van der Waals surface area contributed by atoms with E-state index in [1.807, 2.05) is 0 Å². The number of piperazine rings is 1. The molecule has 1 fully saturated rings. The van der Waals surface area contributed by atoms with Gasteiger partial charge < -0.3 is 9.88 Å². The second kappa shape index (κ2) is 5.84. The summed E-state index contributed by atoms with van der Waals surface area (Å²) in [6.07, 6.45) is -2.69. The van der Waals surface area contributed by atoms with E-state index in [0.717, 1.165) is 18.0 Å². The first-order valence-electron chi connectivity index (χ1n) is 7.39. The molecule has 1 aromatic heterocycles. The normalized spacial score (nSPS) is 18.3. The van der Waals surface area contributed by atoms with Crippen LogP contribution >= 0.6 is 0 Å². The van der Waals surface area contributed by atoms with Gasteiger partial charge in [0.15, 0.2) is 0 Å². The van der Waals surface area contributed by atoms with Crippen molar-refractivity contribution in [3.63, 3.8) is 0 Å². The molecule has 1 saturated heterocycles. The number of alkyl halides is 3. The molecule has 1 amide bonds. The summed E-state index contributed by atoms with van der Waals surface area (Å²) in [5.41, 5.74) is 2.05. The number of carbonyl (C=O) groups is 1. The summed E-state index contributed by atoms with van der Waals surface area (Å²) in [4.78, 5) is 22.5. The van der Waals surface area contributed by atoms with Crippen LogP contribution < -0.4 is 0 Å². The number of aromatic nitrogens is 2. The van der Waals surface area contributed by atoms with Crippen LogP contribution in [0, 0.1) is 0 Å². The van der Waals surface area contributed by atoms with E-state index in [0.29, 0.717) is 18.7 Å². The summed E-state index contributed by atoms with van der Waals surface area (Å²) >= 11 is 0. The quantitative estimate of drug-likeness (QED) is 0.921. The standard InChI is InChI=1S/C15H17F3N4O/c1-10(15(16,17)18)21-4-6-22(7-5-21)14(23)11-2-3-12-13(8-11)20-9-19-12/h2-3,8-10H,4-7H2,1H3,(H,19,20). The zero-order valence-electron chi connectivity index (χ0n) is 12.6. The van der Waals surface area contributed by atoms with Crippen LogP contribution in [0.3, 0.4) is 0 Å². The van der Waals surface area contributed by atoms with Crippen LogP contribution in [0.4, 0.5) is 13.2 Å². The first kappa shape index (κ1) is 15.8. The second-order valence-corrected chi connectivity index (χ2v) is 5.68. The Morgan fingerprint density at radius 1 is 1.26 bits per heavy atom. The average Bonchev–Trinajstić information content (AvgIpc) is 3.00. The van der Waals surface area contributed by atoms with Crippen LogP contribution in [0.5, 0.6) is 0 Å². The number of benzene rings is 1. The molecule has 5 nitrogen and oxygen atoms in total. The minimum atomic E-state index is -4.24. The second-order valence-electron chi connectivity index (χ2n) is 5.68. The predicted molar refractivity (Wildman–Crippen MR) is 79.1 cm³/mol. The predicted octanol–water partition coefficient (Wildman–Crippen LogP) is 2.27. The molecule has 0 aliphatic carbocycles. The van der Waals surface area contributed by atoms with Crippen molar-refractivity contribution in [2.45, 2.75) is 19.1 Å². The number of rotatable bonds is 2. The van der Waals surface area contributed by atoms with E-state index in [1.165, 1.54) is 4.90 Å². The summed E-state index contributed by atoms with van der Waals surface area (Å²) in [6.45, 7) is 2.18. The lowest BCUT2D eigenvalue weighted by atomic mass is 10.1. The molecule has 8 heteroatoms. The molecule has 2 aromatic rings. The Bertz CT molecular complexity index is 704. The number of nitrogens with one attached hydrogen (secondary N) is 1. The maximum Gasteiger partial charge on any atom is 0.403 e. The fourth-order valence-electron chi connectivity index (χ4n) is 2.77. The number of hydrogen-bond acceptors (Lipinski definition) is 3. The smallest absolute Gasteiger partial charge is 0.345 e. The maximum atomic E-state index is 12.7. The van der Waals surface area contributed by atoms with Crippen molar-refractivity contribution in [1.29, 1.82) is 0 Å². The van der Waals surface area contributed by atoms with E-state index in [1.54, 1.807) is 29.4 Å². The van der Waals surface area contributed by atoms with E-state index in [9.17, 15) is 18.0 Å². The Morgan fingerprint density at radius 3 is 2.61 bits per heavy atom. The van der Waals surface area contributed by atoms with Gasteiger partial charge in [0.2, 0.25) is 0 Å². The van der Waals surface area contributed by atoms with E-state index < -0.39 is 12.2 Å². The fraction of sp³-hybridized carbons (Fsp3) is 0.467. The summed E-state index contributed by atoms with van der Waals surface area (Å²) in [6, 6.07) is 3.67. The molecule has 1 aromatic carbocycles. The summed E-state index contributed by atoms with van der Waals surface area (Å²) in [5.74, 6) is -0.166. The Hall–Kier alpha value is -2.09. The van der Waals surface area contributed by atoms with E-state index >= 15 is 0 Å². The molecule has 1 atom stereocenters. The lowest BCUT2D eigenvalue weighted by Crippen LogP contribution is -2.54. The lowest BCUT2D eigenvalue weighted by Gasteiger charge is -2.38. The third-order valence-corrected chi connectivity index (χ3v) is 4.29. The highest BCUT2D eigenvalue weighted by Gasteiger charge is 2.41. The molecule has 1 aliphatic heterocycles. The van der Waals surface area contributed by atoms with Gasteiger partial charge in [-0.2, -0.15) is 13.2 Å². The van der Waals surface area contributed by atoms with E-state index in [-0.39, 0.29) is 19.0 Å². The highest BCUT2D eigenvalue weighted by atomic mass is 19.4. The monoisotopic (exact) mass is 326 g/mol. The highest BCUT2D eigenvalue weighted by Crippen LogP contribution is 2.25. The van der Waals surface area contributed by atoms with Crippen molar-refractivity contribution in [2.24, 2.45) is 0 Å². The van der Waals surface area contributed by atoms with Gasteiger partial charge in [-0.05, 0) is 25.1 Å². The molecule has 1 N–H and O–H groups in total. The van der Waals surface area contributed by atoms with Crippen molar-refractivity contribution in [2.75, 3.05) is 26.2 Å². The topological polar surface area (TPSA) is 52.2 Å². The van der Waals surface area contributed by atoms with Crippen molar-refractivity contribution in [3.05, 3.63) is 30.1 Å². The Labute approximate surface area is 131 Å². The van der Waals surface area contributed by atoms with E-state index in [4.69, 9.17) is 0 Å². The highest BCUT2D eigenvalue weighted by molar-refractivity contribution is 5.97. The number of H-pyrrole nitrogens is 1. The summed E-state index contributed by atoms with van der Waals surface area (Å²) in [5, 5.41) is 0. The molecule has 0 saturated carbocycles. The molecule has 0 radical (unpaired) electrons.